The third-order valence-electron chi connectivity index (χ3n) is 6.94. The smallest absolute Gasteiger partial charge is 0.135 e. The van der Waals surface area contributed by atoms with Crippen LogP contribution in [-0.2, 0) is 0 Å². The Balaban J connectivity index is 2.07. The predicted molar refractivity (Wildman–Crippen MR) is 140 cm³/mol. The monoisotopic (exact) mass is 463 g/mol. The van der Waals surface area contributed by atoms with Crippen molar-refractivity contribution in [1.82, 2.24) is 15.0 Å². The first-order valence-electron chi connectivity index (χ1n) is 11.3. The molecule has 0 unspecified atom stereocenters. The molecule has 9 nitrogen and oxygen atoms in total. The maximum atomic E-state index is 4.58. The van der Waals surface area contributed by atoms with Crippen LogP contribution in [-0.4, -0.2) is 57.2 Å². The molecule has 0 aliphatic rings. The molecular formula is C26H25N9. The summed E-state index contributed by atoms with van der Waals surface area (Å²) in [5, 5.41) is 10.6. The standard InChI is InChI=1S/C26H25N9/c1-27-21-15-7-11-12-8-16-18(24(30-4)34-22(16)28-2)10-14(12)20-19(25(31-5)35-26(20)32-6)13(11)9-17(15)23(29-3)33-21/h7-10H,1-6H3,(H,27,29,33)(H,28,30,34)(H,31,32,35). The fraction of sp³-hybridized carbons (Fsp3) is 0.231. The molecule has 6 rings (SSSR count). The highest BCUT2D eigenvalue weighted by atomic mass is 14.9. The van der Waals surface area contributed by atoms with E-state index in [9.17, 15) is 0 Å². The van der Waals surface area contributed by atoms with Gasteiger partial charge in [0.1, 0.15) is 32.9 Å². The number of H-pyrrole nitrogens is 3. The Labute approximate surface area is 198 Å². The molecule has 0 saturated carbocycles. The van der Waals surface area contributed by atoms with Gasteiger partial charge in [-0.05, 0) is 45.8 Å². The maximum absolute atomic E-state index is 4.58. The molecule has 3 aromatic heterocycles. The molecule has 0 bridgehead atoms. The van der Waals surface area contributed by atoms with Crippen molar-refractivity contribution in [2.75, 3.05) is 42.3 Å². The molecule has 3 aromatic carbocycles. The number of nitrogens with zero attached hydrogens (tertiary/aromatic N) is 6. The third kappa shape index (κ3) is 2.69. The van der Waals surface area contributed by atoms with Crippen molar-refractivity contribution in [2.45, 2.75) is 0 Å². The van der Waals surface area contributed by atoms with E-state index in [4.69, 9.17) is 0 Å². The Hall–Kier alpha value is -4.40. The van der Waals surface area contributed by atoms with E-state index >= 15 is 0 Å². The summed E-state index contributed by atoms with van der Waals surface area (Å²) in [5.74, 6) is 0. The van der Waals surface area contributed by atoms with E-state index in [0.717, 1.165) is 86.8 Å². The molecule has 0 aliphatic heterocycles. The zero-order chi connectivity index (χ0) is 24.4. The summed E-state index contributed by atoms with van der Waals surface area (Å²) in [7, 11) is 10.8. The van der Waals surface area contributed by atoms with Crippen molar-refractivity contribution in [3.05, 3.63) is 57.2 Å². The lowest BCUT2D eigenvalue weighted by Crippen LogP contribution is -2.10. The number of benzene rings is 3. The Bertz CT molecular complexity index is 2070. The Kier molecular flexibility index (Phi) is 4.57. The first-order valence-corrected chi connectivity index (χ1v) is 11.3. The van der Waals surface area contributed by atoms with Gasteiger partial charge in [0.2, 0.25) is 0 Å². The largest absolute Gasteiger partial charge is 0.325 e. The Morgan fingerprint density at radius 2 is 0.600 bits per heavy atom. The summed E-state index contributed by atoms with van der Waals surface area (Å²) in [4.78, 5) is 37.1. The lowest BCUT2D eigenvalue weighted by molar-refractivity contribution is 1.09. The summed E-state index contributed by atoms with van der Waals surface area (Å²) in [6.45, 7) is 0. The number of hydrogen-bond donors (Lipinski definition) is 3. The first kappa shape index (κ1) is 21.2. The number of rotatable bonds is 0. The molecule has 9 heteroatoms. The minimum atomic E-state index is 0.802. The van der Waals surface area contributed by atoms with Gasteiger partial charge in [0.05, 0.1) is 0 Å². The SMILES string of the molecule is C/N=c1\[nH]/c(=N\C)c2cc3c(cc12)c1cc2/c(=N/C)[nH]/c(=N\C)c2cc1c1/c(=N/C)[nH]/c(=N\C)c31. The zero-order valence-electron chi connectivity index (χ0n) is 20.5. The van der Waals surface area contributed by atoms with Crippen molar-refractivity contribution in [1.29, 1.82) is 0 Å². The quantitative estimate of drug-likeness (QED) is 0.278. The second-order valence-corrected chi connectivity index (χ2v) is 8.45. The van der Waals surface area contributed by atoms with Crippen LogP contribution in [0.1, 0.15) is 0 Å². The normalized spacial score (nSPS) is 16.2. The van der Waals surface area contributed by atoms with Gasteiger partial charge in [0.15, 0.2) is 0 Å². The van der Waals surface area contributed by atoms with E-state index < -0.39 is 0 Å². The van der Waals surface area contributed by atoms with Crippen LogP contribution in [0.2, 0.25) is 0 Å². The van der Waals surface area contributed by atoms with Gasteiger partial charge < -0.3 is 15.0 Å². The topological polar surface area (TPSA) is 122 Å². The van der Waals surface area contributed by atoms with E-state index in [0.29, 0.717) is 0 Å². The number of fused-ring (bicyclic) bond motifs is 8. The minimum absolute atomic E-state index is 0.802. The number of hydrogen-bond acceptors (Lipinski definition) is 6. The lowest BCUT2D eigenvalue weighted by atomic mass is 9.93. The van der Waals surface area contributed by atoms with Crippen LogP contribution in [0.3, 0.4) is 0 Å². The molecule has 0 amide bonds. The fourth-order valence-corrected chi connectivity index (χ4v) is 5.38. The summed E-state index contributed by atoms with van der Waals surface area (Å²) >= 11 is 0. The van der Waals surface area contributed by atoms with Crippen molar-refractivity contribution < 1.29 is 0 Å². The van der Waals surface area contributed by atoms with Crippen LogP contribution < -0.4 is 32.9 Å². The molecule has 0 atom stereocenters. The van der Waals surface area contributed by atoms with Gasteiger partial charge in [-0.1, -0.05) is 0 Å². The molecule has 3 N–H and O–H groups in total. The maximum Gasteiger partial charge on any atom is 0.135 e. The van der Waals surface area contributed by atoms with Gasteiger partial charge in [0.25, 0.3) is 0 Å². The van der Waals surface area contributed by atoms with Crippen LogP contribution in [0.15, 0.2) is 54.2 Å². The van der Waals surface area contributed by atoms with E-state index in [-0.39, 0.29) is 0 Å². The van der Waals surface area contributed by atoms with E-state index in [1.807, 2.05) is 0 Å². The highest BCUT2D eigenvalue weighted by Crippen LogP contribution is 2.35. The molecule has 6 aromatic rings. The molecule has 35 heavy (non-hydrogen) atoms. The van der Waals surface area contributed by atoms with Crippen LogP contribution in [0.5, 0.6) is 0 Å². The van der Waals surface area contributed by atoms with Gasteiger partial charge in [0, 0.05) is 74.6 Å². The Morgan fingerprint density at radius 3 is 0.886 bits per heavy atom. The molecule has 0 aliphatic carbocycles. The molecular weight excluding hydrogens is 438 g/mol. The van der Waals surface area contributed by atoms with Crippen LogP contribution in [0.25, 0.3) is 53.9 Å². The highest BCUT2D eigenvalue weighted by molar-refractivity contribution is 6.28. The van der Waals surface area contributed by atoms with Gasteiger partial charge in [-0.3, -0.25) is 30.0 Å². The van der Waals surface area contributed by atoms with Crippen molar-refractivity contribution in [3.8, 4) is 0 Å². The summed E-state index contributed by atoms with van der Waals surface area (Å²) in [6.07, 6.45) is 0. The molecule has 0 radical (unpaired) electrons. The van der Waals surface area contributed by atoms with Gasteiger partial charge >= 0.3 is 0 Å². The minimum Gasteiger partial charge on any atom is -0.325 e. The zero-order valence-corrected chi connectivity index (χ0v) is 20.5. The van der Waals surface area contributed by atoms with Crippen LogP contribution >= 0.6 is 0 Å². The first-order chi connectivity index (χ1) is 17.1. The molecule has 0 fully saturated rings. The number of aromatic nitrogens is 3. The average molecular weight is 464 g/mol. The average Bonchev–Trinajstić information content (AvgIpc) is 3.56. The summed E-state index contributed by atoms with van der Waals surface area (Å²) in [5.41, 5.74) is 4.85. The van der Waals surface area contributed by atoms with Gasteiger partial charge in [-0.15, -0.1) is 0 Å². The second-order valence-electron chi connectivity index (χ2n) is 8.45. The number of aromatic amines is 3. The Morgan fingerprint density at radius 1 is 0.343 bits per heavy atom. The summed E-state index contributed by atoms with van der Waals surface area (Å²) < 4.78 is 0. The van der Waals surface area contributed by atoms with E-state index in [1.165, 1.54) is 0 Å². The van der Waals surface area contributed by atoms with Gasteiger partial charge in [-0.2, -0.15) is 0 Å². The number of nitrogens with one attached hydrogen (secondary N) is 3. The third-order valence-corrected chi connectivity index (χ3v) is 6.94. The molecule has 174 valence electrons. The second kappa shape index (κ2) is 7.56. The van der Waals surface area contributed by atoms with Crippen LogP contribution in [0, 0.1) is 0 Å². The van der Waals surface area contributed by atoms with Gasteiger partial charge in [-0.25, -0.2) is 0 Å². The highest BCUT2D eigenvalue weighted by Gasteiger charge is 2.18. The van der Waals surface area contributed by atoms with Crippen molar-refractivity contribution in [3.63, 3.8) is 0 Å². The lowest BCUT2D eigenvalue weighted by Gasteiger charge is -2.08. The molecule has 0 saturated heterocycles. The van der Waals surface area contributed by atoms with E-state index in [2.05, 4.69) is 69.2 Å². The predicted octanol–water partition coefficient (Wildman–Crippen LogP) is 0.933. The van der Waals surface area contributed by atoms with Crippen LogP contribution in [0.4, 0.5) is 0 Å². The fourth-order valence-electron chi connectivity index (χ4n) is 5.38. The summed E-state index contributed by atoms with van der Waals surface area (Å²) in [6, 6.07) is 8.81. The van der Waals surface area contributed by atoms with Crippen molar-refractivity contribution in [2.24, 2.45) is 30.0 Å². The van der Waals surface area contributed by atoms with Crippen molar-refractivity contribution >= 4 is 53.9 Å². The van der Waals surface area contributed by atoms with E-state index in [1.54, 1.807) is 42.3 Å². The molecule has 0 spiro atoms. The molecule has 3 heterocycles.